The molecule has 4 aromatic rings. The van der Waals surface area contributed by atoms with Gasteiger partial charge in [0.1, 0.15) is 11.5 Å². The summed E-state index contributed by atoms with van der Waals surface area (Å²) in [5.74, 6) is -0.891. The van der Waals surface area contributed by atoms with E-state index < -0.39 is 17.7 Å². The van der Waals surface area contributed by atoms with Crippen LogP contribution in [0, 0.1) is 0 Å². The van der Waals surface area contributed by atoms with Crippen molar-refractivity contribution in [2.45, 2.75) is 19.4 Å². The molecule has 2 N–H and O–H groups in total. The normalized spacial score (nSPS) is 17.3. The van der Waals surface area contributed by atoms with E-state index in [1.807, 2.05) is 43.5 Å². The van der Waals surface area contributed by atoms with E-state index in [2.05, 4.69) is 9.97 Å². The van der Waals surface area contributed by atoms with Crippen LogP contribution in [0.2, 0.25) is 0 Å². The van der Waals surface area contributed by atoms with Gasteiger partial charge in [0.2, 0.25) is 0 Å². The molecule has 0 unspecified atom stereocenters. The van der Waals surface area contributed by atoms with E-state index in [9.17, 15) is 14.7 Å². The molecule has 0 radical (unpaired) electrons. The molecule has 1 amide bonds. The molecule has 0 aliphatic carbocycles. The summed E-state index contributed by atoms with van der Waals surface area (Å²) in [5.41, 5.74) is 3.24. The highest BCUT2D eigenvalue weighted by Gasteiger charge is 2.46. The lowest BCUT2D eigenvalue weighted by Crippen LogP contribution is -2.31. The summed E-state index contributed by atoms with van der Waals surface area (Å²) in [6.07, 6.45) is 5.74. The van der Waals surface area contributed by atoms with E-state index in [1.165, 1.54) is 4.90 Å². The van der Waals surface area contributed by atoms with Crippen molar-refractivity contribution in [2.24, 2.45) is 0 Å². The number of benzene rings is 2. The fourth-order valence-electron chi connectivity index (χ4n) is 4.61. The largest absolute Gasteiger partial charge is 0.507 e. The SMILES string of the molecule is CCOc1ccc(C(O)=C2C(=O)C(=O)N(CCc3c[nH]c4ccccc34)[C@@H]2c2cccnc2)cc1. The zero-order valence-electron chi connectivity index (χ0n) is 19.3. The first-order valence-corrected chi connectivity index (χ1v) is 11.5. The second kappa shape index (κ2) is 9.46. The van der Waals surface area contributed by atoms with Crippen LogP contribution in [0.3, 0.4) is 0 Å². The van der Waals surface area contributed by atoms with Crippen LogP contribution in [0.5, 0.6) is 5.75 Å². The summed E-state index contributed by atoms with van der Waals surface area (Å²) < 4.78 is 5.47. The minimum absolute atomic E-state index is 0.0612. The number of nitrogens with one attached hydrogen (secondary N) is 1. The number of likely N-dealkylation sites (tertiary alicyclic amines) is 1. The van der Waals surface area contributed by atoms with Crippen molar-refractivity contribution in [3.63, 3.8) is 0 Å². The molecule has 0 spiro atoms. The molecule has 1 atom stereocenters. The van der Waals surface area contributed by atoms with Gasteiger partial charge in [0, 0.05) is 41.6 Å². The van der Waals surface area contributed by atoms with Crippen molar-refractivity contribution >= 4 is 28.4 Å². The van der Waals surface area contributed by atoms with Crippen LogP contribution in [0.1, 0.15) is 29.7 Å². The summed E-state index contributed by atoms with van der Waals surface area (Å²) in [6.45, 7) is 2.72. The lowest BCUT2D eigenvalue weighted by Gasteiger charge is -2.25. The number of aliphatic hydroxyl groups is 1. The zero-order chi connectivity index (χ0) is 24.4. The van der Waals surface area contributed by atoms with Crippen LogP contribution in [0.4, 0.5) is 0 Å². The number of aliphatic hydroxyl groups excluding tert-OH is 1. The number of nitrogens with zero attached hydrogens (tertiary/aromatic N) is 2. The van der Waals surface area contributed by atoms with Gasteiger partial charge >= 0.3 is 0 Å². The number of amides is 1. The van der Waals surface area contributed by atoms with Crippen molar-refractivity contribution in [1.82, 2.24) is 14.9 Å². The molecular formula is C28H25N3O4. The Morgan fingerprint density at radius 3 is 2.63 bits per heavy atom. The number of Topliss-reactive ketones (excluding diaryl/α,β-unsaturated/α-hetero) is 1. The maximum absolute atomic E-state index is 13.2. The van der Waals surface area contributed by atoms with Crippen LogP contribution in [-0.4, -0.2) is 44.8 Å². The Hall–Kier alpha value is -4.39. The van der Waals surface area contributed by atoms with E-state index in [4.69, 9.17) is 4.74 Å². The Labute approximate surface area is 202 Å². The molecule has 0 bridgehead atoms. The molecule has 5 rings (SSSR count). The molecule has 1 saturated heterocycles. The van der Waals surface area contributed by atoms with Crippen LogP contribution in [0.25, 0.3) is 16.7 Å². The fourth-order valence-corrected chi connectivity index (χ4v) is 4.61. The number of hydrogen-bond donors (Lipinski definition) is 2. The average Bonchev–Trinajstić information content (AvgIpc) is 3.42. The van der Waals surface area contributed by atoms with Crippen molar-refractivity contribution in [3.05, 3.63) is 102 Å². The van der Waals surface area contributed by atoms with E-state index in [0.717, 1.165) is 16.5 Å². The first-order valence-electron chi connectivity index (χ1n) is 11.5. The maximum Gasteiger partial charge on any atom is 0.295 e. The highest BCUT2D eigenvalue weighted by Crippen LogP contribution is 2.39. The molecule has 7 nitrogen and oxygen atoms in total. The Balaban J connectivity index is 1.52. The number of carbonyl (C=O) groups excluding carboxylic acids is 2. The van der Waals surface area contributed by atoms with E-state index in [1.54, 1.807) is 42.7 Å². The number of carbonyl (C=O) groups is 2. The minimum atomic E-state index is -0.736. The molecule has 7 heteroatoms. The van der Waals surface area contributed by atoms with E-state index in [0.29, 0.717) is 36.4 Å². The summed E-state index contributed by atoms with van der Waals surface area (Å²) >= 11 is 0. The number of aromatic amines is 1. The van der Waals surface area contributed by atoms with Gasteiger partial charge in [-0.3, -0.25) is 14.6 Å². The summed E-state index contributed by atoms with van der Waals surface area (Å²) in [4.78, 5) is 35.3. The lowest BCUT2D eigenvalue weighted by molar-refractivity contribution is -0.139. The number of aromatic nitrogens is 2. The molecule has 1 aliphatic rings. The number of rotatable bonds is 7. The Bertz CT molecular complexity index is 1410. The third kappa shape index (κ3) is 4.17. The monoisotopic (exact) mass is 467 g/mol. The third-order valence-corrected chi connectivity index (χ3v) is 6.28. The molecular weight excluding hydrogens is 442 g/mol. The van der Waals surface area contributed by atoms with E-state index >= 15 is 0 Å². The van der Waals surface area contributed by atoms with Crippen molar-refractivity contribution < 1.29 is 19.4 Å². The van der Waals surface area contributed by atoms with Gasteiger partial charge < -0.3 is 19.7 Å². The van der Waals surface area contributed by atoms with Gasteiger partial charge in [-0.25, -0.2) is 0 Å². The Morgan fingerprint density at radius 1 is 1.09 bits per heavy atom. The number of pyridine rings is 1. The predicted octanol–water partition coefficient (Wildman–Crippen LogP) is 4.63. The molecule has 35 heavy (non-hydrogen) atoms. The molecule has 176 valence electrons. The lowest BCUT2D eigenvalue weighted by atomic mass is 9.96. The second-order valence-electron chi connectivity index (χ2n) is 8.35. The van der Waals surface area contributed by atoms with Gasteiger partial charge in [-0.15, -0.1) is 0 Å². The summed E-state index contributed by atoms with van der Waals surface area (Å²) in [5, 5.41) is 12.3. The van der Waals surface area contributed by atoms with Crippen molar-refractivity contribution in [1.29, 1.82) is 0 Å². The summed E-state index contributed by atoms with van der Waals surface area (Å²) in [7, 11) is 0. The molecule has 1 fully saturated rings. The van der Waals surface area contributed by atoms with Crippen molar-refractivity contribution in [2.75, 3.05) is 13.2 Å². The smallest absolute Gasteiger partial charge is 0.295 e. The first kappa shape index (κ1) is 22.4. The summed E-state index contributed by atoms with van der Waals surface area (Å²) in [6, 6.07) is 17.6. The topological polar surface area (TPSA) is 95.5 Å². The number of ketones is 1. The highest BCUT2D eigenvalue weighted by atomic mass is 16.5. The van der Waals surface area contributed by atoms with Crippen LogP contribution in [-0.2, 0) is 16.0 Å². The molecule has 1 aliphatic heterocycles. The van der Waals surface area contributed by atoms with Gasteiger partial charge in [0.25, 0.3) is 11.7 Å². The minimum Gasteiger partial charge on any atom is -0.507 e. The predicted molar refractivity (Wildman–Crippen MR) is 133 cm³/mol. The first-order chi connectivity index (χ1) is 17.1. The molecule has 3 heterocycles. The van der Waals surface area contributed by atoms with Gasteiger partial charge in [-0.05, 0) is 60.9 Å². The Morgan fingerprint density at radius 2 is 1.89 bits per heavy atom. The highest BCUT2D eigenvalue weighted by molar-refractivity contribution is 6.46. The maximum atomic E-state index is 13.2. The second-order valence-corrected chi connectivity index (χ2v) is 8.35. The Kier molecular flexibility index (Phi) is 6.06. The molecule has 2 aromatic heterocycles. The zero-order valence-corrected chi connectivity index (χ0v) is 19.3. The number of hydrogen-bond acceptors (Lipinski definition) is 5. The van der Waals surface area contributed by atoms with Gasteiger partial charge in [-0.2, -0.15) is 0 Å². The van der Waals surface area contributed by atoms with Crippen LogP contribution in [0.15, 0.2) is 84.8 Å². The van der Waals surface area contributed by atoms with Gasteiger partial charge in [0.15, 0.2) is 0 Å². The number of fused-ring (bicyclic) bond motifs is 1. The quantitative estimate of drug-likeness (QED) is 0.235. The fraction of sp³-hybridized carbons (Fsp3) is 0.179. The standard InChI is InChI=1S/C28H25N3O4/c1-2-35-21-11-9-18(10-12-21)26(32)24-25(20-6-5-14-29-16-20)31(28(34)27(24)33)15-13-19-17-30-23-8-4-3-7-22(19)23/h3-12,14,16-17,25,30,32H,2,13,15H2,1H3/t25-/m1/s1. The van der Waals surface area contributed by atoms with Crippen molar-refractivity contribution in [3.8, 4) is 5.75 Å². The van der Waals surface area contributed by atoms with Gasteiger partial charge in [-0.1, -0.05) is 24.3 Å². The molecule has 0 saturated carbocycles. The average molecular weight is 468 g/mol. The van der Waals surface area contributed by atoms with Crippen LogP contribution >= 0.6 is 0 Å². The molecule has 2 aromatic carbocycles. The van der Waals surface area contributed by atoms with Crippen LogP contribution < -0.4 is 4.74 Å². The van der Waals surface area contributed by atoms with E-state index in [-0.39, 0.29) is 11.3 Å². The van der Waals surface area contributed by atoms with Gasteiger partial charge in [0.05, 0.1) is 18.2 Å². The number of ether oxygens (including phenoxy) is 1. The number of H-pyrrole nitrogens is 1. The third-order valence-electron chi connectivity index (χ3n) is 6.28. The number of para-hydroxylation sites is 1.